The van der Waals surface area contributed by atoms with Crippen LogP contribution in [0, 0.1) is 0 Å². The molecule has 4 heteroatoms. The molecule has 0 aliphatic carbocycles. The molecular weight excluding hydrogens is 206 g/mol. The largest absolute Gasteiger partial charge is 0.478 e. The van der Waals surface area contributed by atoms with Crippen molar-refractivity contribution in [1.29, 1.82) is 0 Å². The Morgan fingerprint density at radius 1 is 1.06 bits per heavy atom. The number of carboxylic acids is 1. The van der Waals surface area contributed by atoms with Crippen LogP contribution in [0.3, 0.4) is 0 Å². The number of hydrogen-bond acceptors (Lipinski definition) is 2. The fraction of sp³-hybridized carbons (Fsp3) is 0. The van der Waals surface area contributed by atoms with Crippen molar-refractivity contribution >= 4 is 22.6 Å². The minimum absolute atomic E-state index is 0.0335. The topological polar surface area (TPSA) is 80.4 Å². The van der Waals surface area contributed by atoms with Gasteiger partial charge in [-0.05, 0) is 16.8 Å². The summed E-state index contributed by atoms with van der Waals surface area (Å²) in [4.78, 5) is 22.3. The quantitative estimate of drug-likeness (QED) is 0.799. The van der Waals surface area contributed by atoms with Gasteiger partial charge in [0.25, 0.3) is 0 Å². The van der Waals surface area contributed by atoms with E-state index in [1.54, 1.807) is 30.3 Å². The molecule has 0 spiro atoms. The van der Waals surface area contributed by atoms with Crippen LogP contribution in [0.15, 0.2) is 36.4 Å². The molecule has 0 radical (unpaired) electrons. The number of nitrogens with two attached hydrogens (primary N) is 1. The number of fused-ring (bicyclic) bond motifs is 1. The van der Waals surface area contributed by atoms with Gasteiger partial charge < -0.3 is 10.8 Å². The predicted octanol–water partition coefficient (Wildman–Crippen LogP) is 1.64. The molecule has 0 fully saturated rings. The molecule has 0 saturated carbocycles. The first kappa shape index (κ1) is 10.2. The van der Waals surface area contributed by atoms with Crippen molar-refractivity contribution in [3.05, 3.63) is 47.5 Å². The molecule has 4 nitrogen and oxygen atoms in total. The number of primary amides is 1. The molecule has 2 rings (SSSR count). The molecule has 3 N–H and O–H groups in total. The van der Waals surface area contributed by atoms with Crippen LogP contribution in [0.5, 0.6) is 0 Å². The zero-order valence-corrected chi connectivity index (χ0v) is 8.31. The van der Waals surface area contributed by atoms with E-state index in [9.17, 15) is 9.59 Å². The standard InChI is InChI=1S/C12H9NO3/c13-11(14)9-6-5-7-3-1-2-4-8(7)10(9)12(15)16/h1-6H,(H2,13,14)(H,15,16). The minimum atomic E-state index is -1.15. The highest BCUT2D eigenvalue weighted by atomic mass is 16.4. The van der Waals surface area contributed by atoms with E-state index in [0.717, 1.165) is 5.39 Å². The molecule has 2 aromatic rings. The maximum absolute atomic E-state index is 11.1. The van der Waals surface area contributed by atoms with Crippen LogP contribution >= 0.6 is 0 Å². The number of carbonyl (C=O) groups excluding carboxylic acids is 1. The fourth-order valence-electron chi connectivity index (χ4n) is 1.71. The summed E-state index contributed by atoms with van der Waals surface area (Å²) >= 11 is 0. The first-order valence-corrected chi connectivity index (χ1v) is 4.66. The Labute approximate surface area is 91.3 Å². The van der Waals surface area contributed by atoms with E-state index in [4.69, 9.17) is 10.8 Å². The molecule has 0 saturated heterocycles. The Morgan fingerprint density at radius 2 is 1.75 bits per heavy atom. The van der Waals surface area contributed by atoms with Gasteiger partial charge in [-0.3, -0.25) is 4.79 Å². The van der Waals surface area contributed by atoms with Crippen molar-refractivity contribution < 1.29 is 14.7 Å². The summed E-state index contributed by atoms with van der Waals surface area (Å²) < 4.78 is 0. The molecule has 2 aromatic carbocycles. The lowest BCUT2D eigenvalue weighted by molar-refractivity contribution is 0.0694. The molecule has 16 heavy (non-hydrogen) atoms. The van der Waals surface area contributed by atoms with Crippen molar-refractivity contribution in [2.75, 3.05) is 0 Å². The molecule has 0 heterocycles. The number of rotatable bonds is 2. The van der Waals surface area contributed by atoms with Gasteiger partial charge in [-0.2, -0.15) is 0 Å². The van der Waals surface area contributed by atoms with Crippen LogP contribution in [-0.2, 0) is 0 Å². The third-order valence-electron chi connectivity index (χ3n) is 2.41. The van der Waals surface area contributed by atoms with Crippen molar-refractivity contribution in [3.63, 3.8) is 0 Å². The highest BCUT2D eigenvalue weighted by Gasteiger charge is 2.17. The summed E-state index contributed by atoms with van der Waals surface area (Å²) in [6.45, 7) is 0. The molecule has 0 aromatic heterocycles. The van der Waals surface area contributed by atoms with Crippen molar-refractivity contribution in [2.45, 2.75) is 0 Å². The van der Waals surface area contributed by atoms with E-state index in [-0.39, 0.29) is 11.1 Å². The summed E-state index contributed by atoms with van der Waals surface area (Å²) in [7, 11) is 0. The number of carboxylic acid groups (broad SMARTS) is 1. The van der Waals surface area contributed by atoms with Gasteiger partial charge in [-0.1, -0.05) is 30.3 Å². The highest BCUT2D eigenvalue weighted by Crippen LogP contribution is 2.22. The van der Waals surface area contributed by atoms with Crippen molar-refractivity contribution in [3.8, 4) is 0 Å². The molecule has 0 bridgehead atoms. The second-order valence-electron chi connectivity index (χ2n) is 3.38. The Bertz CT molecular complexity index is 590. The molecule has 0 aliphatic rings. The van der Waals surface area contributed by atoms with Gasteiger partial charge in [0.05, 0.1) is 11.1 Å². The Morgan fingerprint density at radius 3 is 2.38 bits per heavy atom. The fourth-order valence-corrected chi connectivity index (χ4v) is 1.71. The third-order valence-corrected chi connectivity index (χ3v) is 2.41. The van der Waals surface area contributed by atoms with Crippen molar-refractivity contribution in [1.82, 2.24) is 0 Å². The first-order valence-electron chi connectivity index (χ1n) is 4.66. The number of carbonyl (C=O) groups is 2. The molecule has 0 atom stereocenters. The average Bonchev–Trinajstić information content (AvgIpc) is 2.27. The summed E-state index contributed by atoms with van der Waals surface area (Å²) in [6.07, 6.45) is 0. The average molecular weight is 215 g/mol. The van der Waals surface area contributed by atoms with Gasteiger partial charge in [0.2, 0.25) is 5.91 Å². The van der Waals surface area contributed by atoms with Crippen LogP contribution in [0.2, 0.25) is 0 Å². The number of hydrogen-bond donors (Lipinski definition) is 2. The predicted molar refractivity (Wildman–Crippen MR) is 59.4 cm³/mol. The molecule has 0 unspecified atom stereocenters. The molecular formula is C12H9NO3. The second-order valence-corrected chi connectivity index (χ2v) is 3.38. The van der Waals surface area contributed by atoms with Crippen LogP contribution in [-0.4, -0.2) is 17.0 Å². The van der Waals surface area contributed by atoms with E-state index in [1.807, 2.05) is 0 Å². The zero-order chi connectivity index (χ0) is 11.7. The van der Waals surface area contributed by atoms with Crippen LogP contribution in [0.1, 0.15) is 20.7 Å². The van der Waals surface area contributed by atoms with Gasteiger partial charge in [0.15, 0.2) is 0 Å². The van der Waals surface area contributed by atoms with Crippen LogP contribution in [0.25, 0.3) is 10.8 Å². The third kappa shape index (κ3) is 1.50. The van der Waals surface area contributed by atoms with E-state index < -0.39 is 11.9 Å². The zero-order valence-electron chi connectivity index (χ0n) is 8.31. The Kier molecular flexibility index (Phi) is 2.32. The lowest BCUT2D eigenvalue weighted by Crippen LogP contribution is -2.16. The minimum Gasteiger partial charge on any atom is -0.478 e. The van der Waals surface area contributed by atoms with E-state index >= 15 is 0 Å². The molecule has 0 aliphatic heterocycles. The second kappa shape index (κ2) is 3.66. The lowest BCUT2D eigenvalue weighted by Gasteiger charge is -2.06. The van der Waals surface area contributed by atoms with Gasteiger partial charge >= 0.3 is 5.97 Å². The monoisotopic (exact) mass is 215 g/mol. The summed E-state index contributed by atoms with van der Waals surface area (Å²) in [6, 6.07) is 10.1. The smallest absolute Gasteiger partial charge is 0.337 e. The van der Waals surface area contributed by atoms with Gasteiger partial charge in [0.1, 0.15) is 0 Å². The Balaban J connectivity index is 2.90. The number of amides is 1. The summed E-state index contributed by atoms with van der Waals surface area (Å²) in [5, 5.41) is 10.4. The lowest BCUT2D eigenvalue weighted by atomic mass is 9.98. The van der Waals surface area contributed by atoms with Gasteiger partial charge in [0, 0.05) is 0 Å². The maximum Gasteiger partial charge on any atom is 0.337 e. The maximum atomic E-state index is 11.1. The number of aromatic carboxylic acids is 1. The van der Waals surface area contributed by atoms with E-state index in [0.29, 0.717) is 5.39 Å². The summed E-state index contributed by atoms with van der Waals surface area (Å²) in [5.74, 6) is -1.88. The van der Waals surface area contributed by atoms with E-state index in [1.165, 1.54) is 6.07 Å². The Hall–Kier alpha value is -2.36. The molecule has 80 valence electrons. The van der Waals surface area contributed by atoms with Gasteiger partial charge in [-0.25, -0.2) is 4.79 Å². The highest BCUT2D eigenvalue weighted by molar-refractivity contribution is 6.12. The van der Waals surface area contributed by atoms with E-state index in [2.05, 4.69) is 0 Å². The first-order chi connectivity index (χ1) is 7.61. The SMILES string of the molecule is NC(=O)c1ccc2ccccc2c1C(=O)O. The number of benzene rings is 2. The summed E-state index contributed by atoms with van der Waals surface area (Å²) in [5.41, 5.74) is 5.14. The van der Waals surface area contributed by atoms with Gasteiger partial charge in [-0.15, -0.1) is 0 Å². The normalized spacial score (nSPS) is 10.2. The van der Waals surface area contributed by atoms with Crippen LogP contribution < -0.4 is 5.73 Å². The molecule has 1 amide bonds. The van der Waals surface area contributed by atoms with Crippen molar-refractivity contribution in [2.24, 2.45) is 5.73 Å². The van der Waals surface area contributed by atoms with Crippen LogP contribution in [0.4, 0.5) is 0 Å².